The Morgan fingerprint density at radius 1 is 1.14 bits per heavy atom. The van der Waals surface area contributed by atoms with Gasteiger partial charge in [0.15, 0.2) is 15.7 Å². The molecule has 5 nitrogen and oxygen atoms in total. The molecule has 1 aliphatic rings. The fourth-order valence-electron chi connectivity index (χ4n) is 3.18. The van der Waals surface area contributed by atoms with Gasteiger partial charge in [0.25, 0.3) is 0 Å². The van der Waals surface area contributed by atoms with E-state index in [-0.39, 0.29) is 16.7 Å². The van der Waals surface area contributed by atoms with E-state index in [1.165, 1.54) is 10.6 Å². The Morgan fingerprint density at radius 3 is 2.45 bits per heavy atom. The number of sulfone groups is 1. The van der Waals surface area contributed by atoms with Crippen molar-refractivity contribution in [2.75, 3.05) is 0 Å². The number of nitrogens with zero attached hydrogens (tertiary/aromatic N) is 1. The van der Waals surface area contributed by atoms with Crippen LogP contribution in [0.25, 0.3) is 0 Å². The first-order valence-corrected chi connectivity index (χ1v) is 9.88. The van der Waals surface area contributed by atoms with Crippen molar-refractivity contribution in [2.45, 2.75) is 81.4 Å². The molecule has 2 N–H and O–H groups in total. The van der Waals surface area contributed by atoms with E-state index in [1.54, 1.807) is 0 Å². The van der Waals surface area contributed by atoms with Gasteiger partial charge in [0.2, 0.25) is 5.88 Å². The molecule has 22 heavy (non-hydrogen) atoms. The summed E-state index contributed by atoms with van der Waals surface area (Å²) in [5, 5.41) is 19.8. The highest BCUT2D eigenvalue weighted by Gasteiger charge is 2.33. The fraction of sp³-hybridized carbons (Fsp3) is 0.750. The third-order valence-electron chi connectivity index (χ3n) is 4.55. The Balaban J connectivity index is 2.17. The number of rotatable bonds is 7. The molecule has 0 atom stereocenters. The molecule has 1 saturated carbocycles. The second kappa shape index (κ2) is 7.40. The summed E-state index contributed by atoms with van der Waals surface area (Å²) in [6, 6.07) is 1.21. The van der Waals surface area contributed by atoms with Gasteiger partial charge in [0.1, 0.15) is 4.90 Å². The SMILES string of the molecule is CCCCCCn1c(O)cc(S(=O)(=O)C2CCCCC2)c1O. The zero-order valence-corrected chi connectivity index (χ0v) is 14.1. The van der Waals surface area contributed by atoms with Crippen LogP contribution in [0.2, 0.25) is 0 Å². The van der Waals surface area contributed by atoms with Gasteiger partial charge < -0.3 is 10.2 Å². The second-order valence-electron chi connectivity index (χ2n) is 6.21. The number of hydrogen-bond donors (Lipinski definition) is 2. The van der Waals surface area contributed by atoms with Crippen LogP contribution in [-0.2, 0) is 16.4 Å². The molecule has 2 rings (SSSR count). The molecule has 6 heteroatoms. The van der Waals surface area contributed by atoms with E-state index in [9.17, 15) is 18.6 Å². The third kappa shape index (κ3) is 3.59. The summed E-state index contributed by atoms with van der Waals surface area (Å²) in [5.74, 6) is -0.469. The van der Waals surface area contributed by atoms with Crippen molar-refractivity contribution in [3.05, 3.63) is 6.07 Å². The highest BCUT2D eigenvalue weighted by molar-refractivity contribution is 7.92. The monoisotopic (exact) mass is 329 g/mol. The summed E-state index contributed by atoms with van der Waals surface area (Å²) in [4.78, 5) is -0.104. The summed E-state index contributed by atoms with van der Waals surface area (Å²) in [6.45, 7) is 2.55. The highest BCUT2D eigenvalue weighted by atomic mass is 32.2. The number of hydrogen-bond acceptors (Lipinski definition) is 4. The van der Waals surface area contributed by atoms with Crippen LogP contribution in [-0.4, -0.2) is 28.4 Å². The van der Waals surface area contributed by atoms with Crippen molar-refractivity contribution in [1.82, 2.24) is 4.57 Å². The molecular weight excluding hydrogens is 302 g/mol. The lowest BCUT2D eigenvalue weighted by atomic mass is 10.0. The average molecular weight is 329 g/mol. The first-order valence-electron chi connectivity index (χ1n) is 8.33. The Labute approximate surface area is 132 Å². The molecule has 126 valence electrons. The van der Waals surface area contributed by atoms with Gasteiger partial charge in [-0.2, -0.15) is 0 Å². The largest absolute Gasteiger partial charge is 0.494 e. The van der Waals surface area contributed by atoms with Crippen LogP contribution in [0.1, 0.15) is 64.7 Å². The lowest BCUT2D eigenvalue weighted by molar-refractivity contribution is 0.357. The van der Waals surface area contributed by atoms with Crippen molar-refractivity contribution >= 4 is 9.84 Å². The normalized spacial score (nSPS) is 17.0. The van der Waals surface area contributed by atoms with Crippen LogP contribution < -0.4 is 0 Å². The first kappa shape index (κ1) is 17.2. The zero-order chi connectivity index (χ0) is 16.2. The van der Waals surface area contributed by atoms with Gasteiger partial charge >= 0.3 is 0 Å². The quantitative estimate of drug-likeness (QED) is 0.749. The maximum atomic E-state index is 12.7. The van der Waals surface area contributed by atoms with E-state index >= 15 is 0 Å². The molecule has 1 aromatic rings. The van der Waals surface area contributed by atoms with E-state index in [1.807, 2.05) is 0 Å². The van der Waals surface area contributed by atoms with Gasteiger partial charge in [-0.1, -0.05) is 45.4 Å². The Morgan fingerprint density at radius 2 is 1.82 bits per heavy atom. The van der Waals surface area contributed by atoms with Crippen molar-refractivity contribution in [3.8, 4) is 11.8 Å². The molecule has 0 aliphatic heterocycles. The molecule has 0 spiro atoms. The van der Waals surface area contributed by atoms with Gasteiger partial charge in [-0.25, -0.2) is 8.42 Å². The fourth-order valence-corrected chi connectivity index (χ4v) is 5.13. The predicted molar refractivity (Wildman–Crippen MR) is 86.0 cm³/mol. The molecule has 0 saturated heterocycles. The molecule has 1 aliphatic carbocycles. The van der Waals surface area contributed by atoms with Crippen molar-refractivity contribution in [2.24, 2.45) is 0 Å². The molecule has 0 unspecified atom stereocenters. The van der Waals surface area contributed by atoms with Crippen LogP contribution in [0.5, 0.6) is 11.8 Å². The van der Waals surface area contributed by atoms with E-state index in [0.29, 0.717) is 19.4 Å². The predicted octanol–water partition coefficient (Wildman–Crippen LogP) is 3.59. The molecule has 1 fully saturated rings. The minimum absolute atomic E-state index is 0.104. The van der Waals surface area contributed by atoms with E-state index in [2.05, 4.69) is 6.92 Å². The smallest absolute Gasteiger partial charge is 0.213 e. The van der Waals surface area contributed by atoms with Crippen LogP contribution in [0.3, 0.4) is 0 Å². The molecule has 1 heterocycles. The number of aromatic hydroxyl groups is 2. The Hall–Kier alpha value is -1.17. The van der Waals surface area contributed by atoms with Crippen molar-refractivity contribution < 1.29 is 18.6 Å². The molecule has 1 aromatic heterocycles. The maximum Gasteiger partial charge on any atom is 0.213 e. The van der Waals surface area contributed by atoms with Gasteiger partial charge in [-0.3, -0.25) is 4.57 Å². The minimum atomic E-state index is -3.56. The van der Waals surface area contributed by atoms with Gasteiger partial charge in [0.05, 0.1) is 5.25 Å². The van der Waals surface area contributed by atoms with E-state index in [0.717, 1.165) is 44.9 Å². The summed E-state index contributed by atoms with van der Waals surface area (Å²) in [6.07, 6.45) is 8.19. The van der Waals surface area contributed by atoms with Gasteiger partial charge in [-0.15, -0.1) is 0 Å². The molecule has 0 aromatic carbocycles. The zero-order valence-electron chi connectivity index (χ0n) is 13.3. The average Bonchev–Trinajstić information content (AvgIpc) is 2.80. The molecular formula is C16H27NO4S. The van der Waals surface area contributed by atoms with Crippen molar-refractivity contribution in [1.29, 1.82) is 0 Å². The molecule has 0 bridgehead atoms. The lowest BCUT2D eigenvalue weighted by Gasteiger charge is -2.21. The van der Waals surface area contributed by atoms with Crippen LogP contribution in [0, 0.1) is 0 Å². The number of unbranched alkanes of at least 4 members (excludes halogenated alkanes) is 3. The summed E-state index contributed by atoms with van der Waals surface area (Å²) < 4.78 is 26.6. The highest BCUT2D eigenvalue weighted by Crippen LogP contribution is 2.37. The Kier molecular flexibility index (Phi) is 5.78. The Bertz CT molecular complexity index is 586. The van der Waals surface area contributed by atoms with Crippen LogP contribution >= 0.6 is 0 Å². The second-order valence-corrected chi connectivity index (χ2v) is 8.40. The van der Waals surface area contributed by atoms with Crippen molar-refractivity contribution in [3.63, 3.8) is 0 Å². The standard InChI is InChI=1S/C16H27NO4S/c1-2-3-4-8-11-17-15(18)12-14(16(17)19)22(20,21)13-9-6-5-7-10-13/h12-13,18-19H,2-11H2,1H3. The third-order valence-corrected chi connectivity index (χ3v) is 6.81. The van der Waals surface area contributed by atoms with Crippen LogP contribution in [0.4, 0.5) is 0 Å². The lowest BCUT2D eigenvalue weighted by Crippen LogP contribution is -2.23. The molecule has 0 amide bonds. The van der Waals surface area contributed by atoms with Crippen LogP contribution in [0.15, 0.2) is 11.0 Å². The summed E-state index contributed by atoms with van der Waals surface area (Å²) >= 11 is 0. The maximum absolute atomic E-state index is 12.7. The van der Waals surface area contributed by atoms with Gasteiger partial charge in [-0.05, 0) is 19.3 Å². The van der Waals surface area contributed by atoms with E-state index in [4.69, 9.17) is 0 Å². The minimum Gasteiger partial charge on any atom is -0.494 e. The number of aromatic nitrogens is 1. The topological polar surface area (TPSA) is 79.5 Å². The molecule has 0 radical (unpaired) electrons. The van der Waals surface area contributed by atoms with Gasteiger partial charge in [0, 0.05) is 12.6 Å². The van der Waals surface area contributed by atoms with E-state index < -0.39 is 15.1 Å². The summed E-state index contributed by atoms with van der Waals surface area (Å²) in [5.41, 5.74) is 0. The first-order chi connectivity index (χ1) is 10.5. The summed E-state index contributed by atoms with van der Waals surface area (Å²) in [7, 11) is -3.56.